The van der Waals surface area contributed by atoms with Gasteiger partial charge in [0.2, 0.25) is 0 Å². The van der Waals surface area contributed by atoms with Crippen LogP contribution in [0.5, 0.6) is 0 Å². The van der Waals surface area contributed by atoms with E-state index in [0.717, 1.165) is 31.7 Å². The highest BCUT2D eigenvalue weighted by atomic mass is 15.2. The molecule has 1 aliphatic rings. The van der Waals surface area contributed by atoms with Gasteiger partial charge < -0.3 is 9.80 Å². The van der Waals surface area contributed by atoms with Gasteiger partial charge in [0.1, 0.15) is 0 Å². The van der Waals surface area contributed by atoms with Crippen molar-refractivity contribution in [2.45, 2.75) is 6.92 Å². The first-order valence-corrected chi connectivity index (χ1v) is 5.53. The van der Waals surface area contributed by atoms with E-state index in [4.69, 9.17) is 0 Å². The van der Waals surface area contributed by atoms with Crippen LogP contribution in [-0.2, 0) is 0 Å². The molecule has 1 aromatic rings. The molecule has 1 heterocycles. The second kappa shape index (κ2) is 4.23. The Kier molecular flexibility index (Phi) is 2.96. The van der Waals surface area contributed by atoms with Gasteiger partial charge in [-0.05, 0) is 44.2 Å². The van der Waals surface area contributed by atoms with E-state index >= 15 is 0 Å². The third-order valence-corrected chi connectivity index (χ3v) is 3.19. The molecule has 0 atom stereocenters. The van der Waals surface area contributed by atoms with Crippen molar-refractivity contribution in [2.24, 2.45) is 0 Å². The molecule has 2 heteroatoms. The highest BCUT2D eigenvalue weighted by Crippen LogP contribution is 2.19. The lowest BCUT2D eigenvalue weighted by Gasteiger charge is -2.34. The Morgan fingerprint density at radius 2 is 1.80 bits per heavy atom. The number of hydrogen-bond acceptors (Lipinski definition) is 2. The molecule has 81 valence electrons. The standard InChI is InChI=1S/C13H19N2/c1-11-4-5-13(10-12(11)2)15-8-6-14(3)7-9-15/h4-5,10H,1,6-9H2,2-3H3. The summed E-state index contributed by atoms with van der Waals surface area (Å²) in [5.41, 5.74) is 3.76. The van der Waals surface area contributed by atoms with E-state index in [0.29, 0.717) is 0 Å². The van der Waals surface area contributed by atoms with Gasteiger partial charge >= 0.3 is 0 Å². The number of nitrogens with zero attached hydrogens (tertiary/aromatic N) is 2. The number of aryl methyl sites for hydroxylation is 1. The third kappa shape index (κ3) is 2.32. The molecule has 15 heavy (non-hydrogen) atoms. The van der Waals surface area contributed by atoms with Crippen LogP contribution in [0, 0.1) is 13.8 Å². The molecule has 1 saturated heterocycles. The topological polar surface area (TPSA) is 6.48 Å². The second-order valence-electron chi connectivity index (χ2n) is 4.40. The van der Waals surface area contributed by atoms with Crippen molar-refractivity contribution in [2.75, 3.05) is 38.1 Å². The second-order valence-corrected chi connectivity index (χ2v) is 4.40. The number of hydrogen-bond donors (Lipinski definition) is 0. The Bertz CT molecular complexity index is 338. The van der Waals surface area contributed by atoms with E-state index < -0.39 is 0 Å². The van der Waals surface area contributed by atoms with Gasteiger partial charge in [0, 0.05) is 31.9 Å². The van der Waals surface area contributed by atoms with Crippen molar-refractivity contribution in [1.29, 1.82) is 0 Å². The predicted octanol–water partition coefficient (Wildman–Crippen LogP) is 1.93. The molecule has 0 saturated carbocycles. The highest BCUT2D eigenvalue weighted by Gasteiger charge is 2.14. The van der Waals surface area contributed by atoms with Crippen LogP contribution in [0.25, 0.3) is 0 Å². The van der Waals surface area contributed by atoms with Crippen molar-refractivity contribution >= 4 is 5.69 Å². The summed E-state index contributed by atoms with van der Waals surface area (Å²) >= 11 is 0. The molecule has 0 bridgehead atoms. The lowest BCUT2D eigenvalue weighted by molar-refractivity contribution is 0.313. The summed E-state index contributed by atoms with van der Waals surface area (Å²) in [7, 11) is 2.18. The van der Waals surface area contributed by atoms with Crippen LogP contribution in [0.1, 0.15) is 11.1 Å². The smallest absolute Gasteiger partial charge is 0.0369 e. The van der Waals surface area contributed by atoms with Crippen LogP contribution >= 0.6 is 0 Å². The van der Waals surface area contributed by atoms with Crippen LogP contribution < -0.4 is 4.90 Å². The van der Waals surface area contributed by atoms with Crippen molar-refractivity contribution < 1.29 is 0 Å². The maximum Gasteiger partial charge on any atom is 0.0369 e. The molecule has 1 fully saturated rings. The Balaban J connectivity index is 2.12. The lowest BCUT2D eigenvalue weighted by atomic mass is 10.1. The summed E-state index contributed by atoms with van der Waals surface area (Å²) in [4.78, 5) is 4.82. The van der Waals surface area contributed by atoms with E-state index in [9.17, 15) is 0 Å². The summed E-state index contributed by atoms with van der Waals surface area (Å²) in [5.74, 6) is 0. The van der Waals surface area contributed by atoms with Crippen molar-refractivity contribution in [1.82, 2.24) is 4.90 Å². The fraction of sp³-hybridized carbons (Fsp3) is 0.462. The third-order valence-electron chi connectivity index (χ3n) is 3.19. The zero-order valence-electron chi connectivity index (χ0n) is 9.66. The minimum atomic E-state index is 1.13. The Labute approximate surface area is 92.5 Å². The molecule has 0 aliphatic carbocycles. The molecule has 2 rings (SSSR count). The van der Waals surface area contributed by atoms with Crippen molar-refractivity contribution in [3.05, 3.63) is 36.2 Å². The SMILES string of the molecule is [CH2]c1ccc(N2CCN(C)CC2)cc1C. The van der Waals surface area contributed by atoms with E-state index in [1.165, 1.54) is 11.3 Å². The summed E-state index contributed by atoms with van der Waals surface area (Å²) in [6, 6.07) is 6.54. The average molecular weight is 203 g/mol. The fourth-order valence-corrected chi connectivity index (χ4v) is 1.94. The minimum Gasteiger partial charge on any atom is -0.369 e. The number of anilines is 1. The Hall–Kier alpha value is -1.02. The summed E-state index contributed by atoms with van der Waals surface area (Å²) in [6.07, 6.45) is 0. The van der Waals surface area contributed by atoms with Gasteiger partial charge in [0.25, 0.3) is 0 Å². The number of piperazine rings is 1. The summed E-state index contributed by atoms with van der Waals surface area (Å²) in [6.45, 7) is 10.7. The van der Waals surface area contributed by atoms with Gasteiger partial charge in [0.05, 0.1) is 0 Å². The fourth-order valence-electron chi connectivity index (χ4n) is 1.94. The van der Waals surface area contributed by atoms with Gasteiger partial charge in [-0.1, -0.05) is 6.07 Å². The van der Waals surface area contributed by atoms with Gasteiger partial charge in [-0.25, -0.2) is 0 Å². The van der Waals surface area contributed by atoms with E-state index in [1.807, 2.05) is 0 Å². The lowest BCUT2D eigenvalue weighted by Crippen LogP contribution is -2.44. The van der Waals surface area contributed by atoms with Gasteiger partial charge in [-0.15, -0.1) is 0 Å². The zero-order chi connectivity index (χ0) is 10.8. The van der Waals surface area contributed by atoms with Crippen LogP contribution in [0.4, 0.5) is 5.69 Å². The molecule has 1 aromatic carbocycles. The molecular weight excluding hydrogens is 184 g/mol. The average Bonchev–Trinajstić information content (AvgIpc) is 2.23. The Morgan fingerprint density at radius 3 is 2.40 bits per heavy atom. The van der Waals surface area contributed by atoms with Gasteiger partial charge in [0.15, 0.2) is 0 Å². The van der Waals surface area contributed by atoms with Crippen LogP contribution in [0.2, 0.25) is 0 Å². The van der Waals surface area contributed by atoms with Crippen molar-refractivity contribution in [3.8, 4) is 0 Å². The highest BCUT2D eigenvalue weighted by molar-refractivity contribution is 5.51. The van der Waals surface area contributed by atoms with E-state index in [1.54, 1.807) is 0 Å². The zero-order valence-corrected chi connectivity index (χ0v) is 9.66. The molecular formula is C13H19N2. The summed E-state index contributed by atoms with van der Waals surface area (Å²) in [5, 5.41) is 0. The molecule has 2 nitrogen and oxygen atoms in total. The molecule has 1 radical (unpaired) electrons. The van der Waals surface area contributed by atoms with Crippen molar-refractivity contribution in [3.63, 3.8) is 0 Å². The molecule has 0 amide bonds. The minimum absolute atomic E-state index is 1.13. The molecule has 0 N–H and O–H groups in total. The van der Waals surface area contributed by atoms with Gasteiger partial charge in [-0.2, -0.15) is 0 Å². The monoisotopic (exact) mass is 203 g/mol. The number of benzene rings is 1. The molecule has 1 aliphatic heterocycles. The first kappa shape index (κ1) is 10.5. The molecule has 0 spiro atoms. The Morgan fingerprint density at radius 1 is 1.13 bits per heavy atom. The normalized spacial score (nSPS) is 18.2. The molecule has 0 aromatic heterocycles. The van der Waals surface area contributed by atoms with E-state index in [2.05, 4.69) is 48.9 Å². The predicted molar refractivity (Wildman–Crippen MR) is 65.3 cm³/mol. The largest absolute Gasteiger partial charge is 0.369 e. The van der Waals surface area contributed by atoms with Crippen LogP contribution in [0.3, 0.4) is 0 Å². The summed E-state index contributed by atoms with van der Waals surface area (Å²) < 4.78 is 0. The first-order chi connectivity index (χ1) is 7.16. The molecule has 0 unspecified atom stereocenters. The van der Waals surface area contributed by atoms with E-state index in [-0.39, 0.29) is 0 Å². The van der Waals surface area contributed by atoms with Crippen LogP contribution in [-0.4, -0.2) is 38.1 Å². The number of likely N-dealkylation sites (N-methyl/N-ethyl adjacent to an activating group) is 1. The van der Waals surface area contributed by atoms with Gasteiger partial charge in [-0.3, -0.25) is 0 Å². The number of rotatable bonds is 1. The quantitative estimate of drug-likeness (QED) is 0.688. The van der Waals surface area contributed by atoms with Crippen LogP contribution in [0.15, 0.2) is 18.2 Å². The maximum atomic E-state index is 3.99. The first-order valence-electron chi connectivity index (χ1n) is 5.53. The maximum absolute atomic E-state index is 3.99.